The number of hydrogen-bond donors (Lipinski definition) is 2. The highest BCUT2D eigenvalue weighted by Gasteiger charge is 2.19. The summed E-state index contributed by atoms with van der Waals surface area (Å²) in [5, 5.41) is 11.6. The van der Waals surface area contributed by atoms with Crippen LogP contribution in [-0.4, -0.2) is 28.8 Å². The second kappa shape index (κ2) is 8.41. The van der Waals surface area contributed by atoms with Crippen molar-refractivity contribution in [3.8, 4) is 0 Å². The second-order valence-electron chi connectivity index (χ2n) is 6.32. The largest absolute Gasteiger partial charge is 0.481 e. The van der Waals surface area contributed by atoms with Crippen LogP contribution in [0.1, 0.15) is 45.6 Å². The number of nitrogens with one attached hydrogen (secondary N) is 1. The first-order chi connectivity index (χ1) is 10.3. The van der Waals surface area contributed by atoms with Crippen LogP contribution in [0.15, 0.2) is 30.3 Å². The van der Waals surface area contributed by atoms with Gasteiger partial charge in [0.25, 0.3) is 0 Å². The minimum absolute atomic E-state index is 0.0985. The van der Waals surface area contributed by atoms with Crippen LogP contribution in [0.25, 0.3) is 0 Å². The van der Waals surface area contributed by atoms with Gasteiger partial charge in [0.05, 0.1) is 0 Å². The normalized spacial score (nSPS) is 12.5. The summed E-state index contributed by atoms with van der Waals surface area (Å²) in [5.41, 5.74) is 0.543. The van der Waals surface area contributed by atoms with Crippen LogP contribution < -0.4 is 5.32 Å². The molecule has 0 saturated carbocycles. The molecule has 5 heteroatoms. The van der Waals surface area contributed by atoms with E-state index in [0.717, 1.165) is 5.56 Å². The fourth-order valence-electron chi connectivity index (χ4n) is 2.10. The van der Waals surface area contributed by atoms with Crippen molar-refractivity contribution in [2.45, 2.75) is 58.1 Å². The number of benzene rings is 1. The van der Waals surface area contributed by atoms with Crippen LogP contribution in [0, 0.1) is 0 Å². The third-order valence-electron chi connectivity index (χ3n) is 2.99. The number of rotatable bonds is 7. The van der Waals surface area contributed by atoms with Crippen LogP contribution >= 0.6 is 0 Å². The number of ether oxygens (including phenoxy) is 1. The van der Waals surface area contributed by atoms with Crippen molar-refractivity contribution in [3.05, 3.63) is 35.9 Å². The van der Waals surface area contributed by atoms with Gasteiger partial charge in [-0.1, -0.05) is 30.3 Å². The summed E-state index contributed by atoms with van der Waals surface area (Å²) in [6, 6.07) is 9.65. The summed E-state index contributed by atoms with van der Waals surface area (Å²) in [6.45, 7) is 5.43. The van der Waals surface area contributed by atoms with E-state index in [-0.39, 0.29) is 12.5 Å². The smallest absolute Gasteiger partial charge is 0.407 e. The molecule has 0 bridgehead atoms. The molecule has 0 aromatic heterocycles. The Morgan fingerprint density at radius 2 is 1.86 bits per heavy atom. The van der Waals surface area contributed by atoms with E-state index in [1.807, 2.05) is 51.1 Å². The van der Waals surface area contributed by atoms with E-state index < -0.39 is 17.7 Å². The van der Waals surface area contributed by atoms with Crippen molar-refractivity contribution in [3.63, 3.8) is 0 Å². The third kappa shape index (κ3) is 8.29. The van der Waals surface area contributed by atoms with E-state index in [1.165, 1.54) is 0 Å². The van der Waals surface area contributed by atoms with Crippen LogP contribution in [0.5, 0.6) is 0 Å². The van der Waals surface area contributed by atoms with Crippen LogP contribution in [0.3, 0.4) is 0 Å². The molecule has 0 fully saturated rings. The molecule has 1 atom stereocenters. The van der Waals surface area contributed by atoms with Crippen LogP contribution in [0.2, 0.25) is 0 Å². The average Bonchev–Trinajstić information content (AvgIpc) is 2.36. The quantitative estimate of drug-likeness (QED) is 0.809. The summed E-state index contributed by atoms with van der Waals surface area (Å²) in [4.78, 5) is 22.5. The molecule has 0 heterocycles. The zero-order chi connectivity index (χ0) is 16.6. The van der Waals surface area contributed by atoms with Gasteiger partial charge in [0.2, 0.25) is 0 Å². The lowest BCUT2D eigenvalue weighted by molar-refractivity contribution is -0.137. The van der Waals surface area contributed by atoms with Crippen LogP contribution in [0.4, 0.5) is 4.79 Å². The molecule has 0 aliphatic carbocycles. The van der Waals surface area contributed by atoms with Crippen molar-refractivity contribution < 1.29 is 19.4 Å². The second-order valence-corrected chi connectivity index (χ2v) is 6.32. The molecule has 0 radical (unpaired) electrons. The highest BCUT2D eigenvalue weighted by atomic mass is 16.6. The maximum Gasteiger partial charge on any atom is 0.407 e. The van der Waals surface area contributed by atoms with E-state index in [9.17, 15) is 9.59 Å². The Bertz CT molecular complexity index is 479. The van der Waals surface area contributed by atoms with Gasteiger partial charge in [-0.25, -0.2) is 4.79 Å². The van der Waals surface area contributed by atoms with Crippen molar-refractivity contribution in [2.24, 2.45) is 0 Å². The van der Waals surface area contributed by atoms with Gasteiger partial charge in [-0.15, -0.1) is 0 Å². The molecule has 5 nitrogen and oxygen atoms in total. The summed E-state index contributed by atoms with van der Waals surface area (Å²) < 4.78 is 5.27. The Kier molecular flexibility index (Phi) is 6.89. The molecular formula is C17H25NO4. The summed E-state index contributed by atoms with van der Waals surface area (Å²) in [6.07, 6.45) is 1.40. The molecule has 1 amide bonds. The summed E-state index contributed by atoms with van der Waals surface area (Å²) >= 11 is 0. The Labute approximate surface area is 131 Å². The Morgan fingerprint density at radius 3 is 2.41 bits per heavy atom. The third-order valence-corrected chi connectivity index (χ3v) is 2.99. The van der Waals surface area contributed by atoms with E-state index in [4.69, 9.17) is 9.84 Å². The predicted molar refractivity (Wildman–Crippen MR) is 84.8 cm³/mol. The van der Waals surface area contributed by atoms with Crippen LogP contribution in [-0.2, 0) is 16.0 Å². The molecular weight excluding hydrogens is 282 g/mol. The van der Waals surface area contributed by atoms with Crippen molar-refractivity contribution in [1.82, 2.24) is 5.32 Å². The molecule has 1 aromatic rings. The van der Waals surface area contributed by atoms with Gasteiger partial charge in [0.1, 0.15) is 5.60 Å². The number of carbonyl (C=O) groups excluding carboxylic acids is 1. The highest BCUT2D eigenvalue weighted by molar-refractivity contribution is 5.68. The number of carbonyl (C=O) groups is 2. The van der Waals surface area contributed by atoms with Crippen molar-refractivity contribution in [1.29, 1.82) is 0 Å². The number of hydrogen-bond acceptors (Lipinski definition) is 3. The maximum absolute atomic E-state index is 11.9. The Morgan fingerprint density at radius 1 is 1.23 bits per heavy atom. The summed E-state index contributed by atoms with van der Waals surface area (Å²) in [5.74, 6) is -0.823. The fourth-order valence-corrected chi connectivity index (χ4v) is 2.10. The zero-order valence-electron chi connectivity index (χ0n) is 13.5. The molecule has 1 aromatic carbocycles. The molecule has 0 aliphatic rings. The maximum atomic E-state index is 11.9. The number of carboxylic acids is 1. The first kappa shape index (κ1) is 18.0. The van der Waals surface area contributed by atoms with Gasteiger partial charge in [0.15, 0.2) is 0 Å². The van der Waals surface area contributed by atoms with Gasteiger partial charge in [-0.05, 0) is 45.6 Å². The minimum Gasteiger partial charge on any atom is -0.481 e. The minimum atomic E-state index is -0.823. The molecule has 122 valence electrons. The van der Waals surface area contributed by atoms with Crippen molar-refractivity contribution >= 4 is 12.1 Å². The molecule has 0 aliphatic heterocycles. The van der Waals surface area contributed by atoms with Gasteiger partial charge < -0.3 is 15.2 Å². The first-order valence-electron chi connectivity index (χ1n) is 7.51. The van der Waals surface area contributed by atoms with Crippen molar-refractivity contribution in [2.75, 3.05) is 0 Å². The number of aliphatic carboxylic acids is 1. The molecule has 0 saturated heterocycles. The van der Waals surface area contributed by atoms with E-state index >= 15 is 0 Å². The Hall–Kier alpha value is -2.04. The Balaban J connectivity index is 2.60. The van der Waals surface area contributed by atoms with E-state index in [2.05, 4.69) is 5.32 Å². The topological polar surface area (TPSA) is 75.6 Å². The lowest BCUT2D eigenvalue weighted by atomic mass is 10.0. The molecule has 1 unspecified atom stereocenters. The SMILES string of the molecule is CC(C)(C)OC(=O)NC(CCCC(=O)O)Cc1ccccc1. The van der Waals surface area contributed by atoms with E-state index in [1.54, 1.807) is 0 Å². The molecule has 0 spiro atoms. The van der Waals surface area contributed by atoms with Gasteiger partial charge in [-0.2, -0.15) is 0 Å². The lowest BCUT2D eigenvalue weighted by Gasteiger charge is -2.23. The average molecular weight is 307 g/mol. The lowest BCUT2D eigenvalue weighted by Crippen LogP contribution is -2.40. The zero-order valence-corrected chi connectivity index (χ0v) is 13.5. The number of alkyl carbamates (subject to hydrolysis) is 1. The van der Waals surface area contributed by atoms with Gasteiger partial charge >= 0.3 is 12.1 Å². The highest BCUT2D eigenvalue weighted by Crippen LogP contribution is 2.12. The number of carboxylic acid groups (broad SMARTS) is 1. The molecule has 2 N–H and O–H groups in total. The van der Waals surface area contributed by atoms with E-state index in [0.29, 0.717) is 19.3 Å². The molecule has 22 heavy (non-hydrogen) atoms. The van der Waals surface area contributed by atoms with Gasteiger partial charge in [-0.3, -0.25) is 4.79 Å². The fraction of sp³-hybridized carbons (Fsp3) is 0.529. The van der Waals surface area contributed by atoms with Gasteiger partial charge in [0, 0.05) is 12.5 Å². The predicted octanol–water partition coefficient (Wildman–Crippen LogP) is 3.38. The molecule has 1 rings (SSSR count). The first-order valence-corrected chi connectivity index (χ1v) is 7.51. The standard InChI is InChI=1S/C17H25NO4/c1-17(2,3)22-16(21)18-14(10-7-11-15(19)20)12-13-8-5-4-6-9-13/h4-6,8-9,14H,7,10-12H2,1-3H3,(H,18,21)(H,19,20). The summed E-state index contributed by atoms with van der Waals surface area (Å²) in [7, 11) is 0. The monoisotopic (exact) mass is 307 g/mol. The number of amides is 1.